The molecule has 1 aromatic rings. The summed E-state index contributed by atoms with van der Waals surface area (Å²) in [4.78, 5) is 95.6. The van der Waals surface area contributed by atoms with Crippen LogP contribution in [-0.4, -0.2) is 108 Å². The fraction of sp³-hybridized carbons (Fsp3) is 0.605. The number of hydrogen-bond acceptors (Lipinski definition) is 13. The first kappa shape index (κ1) is 41.6. The van der Waals surface area contributed by atoms with Gasteiger partial charge in [0.05, 0.1) is 42.1 Å². The highest BCUT2D eigenvalue weighted by Gasteiger charge is 2.61. The molecule has 4 amide bonds. The third-order valence-corrected chi connectivity index (χ3v) is 12.6. The first-order valence-corrected chi connectivity index (χ1v) is 20.3. The Morgan fingerprint density at radius 2 is 1.86 bits per heavy atom. The summed E-state index contributed by atoms with van der Waals surface area (Å²) in [5.41, 5.74) is -1.50. The second-order valence-corrected chi connectivity index (χ2v) is 18.3. The van der Waals surface area contributed by atoms with Crippen LogP contribution in [0.1, 0.15) is 77.3 Å². The fourth-order valence-corrected chi connectivity index (χ4v) is 8.85. The zero-order chi connectivity index (χ0) is 41.6. The molecular formula is C38H47FN4O13S. The molecule has 0 spiro atoms. The predicted molar refractivity (Wildman–Crippen MR) is 194 cm³/mol. The summed E-state index contributed by atoms with van der Waals surface area (Å²) < 4.78 is 63.3. The molecule has 0 bridgehead atoms. The molecule has 57 heavy (non-hydrogen) atoms. The number of hydrogen-bond donors (Lipinski definition) is 2. The number of halogens is 1. The van der Waals surface area contributed by atoms with Crippen LogP contribution in [0.25, 0.3) is 0 Å². The minimum absolute atomic E-state index is 0.0582. The van der Waals surface area contributed by atoms with Gasteiger partial charge in [-0.2, -0.15) is 0 Å². The average molecular weight is 819 g/mol. The standard InChI is InChI=1S/C38H47FN4O13S/c1-6-23-14-38(23,34(48)41-57(51,52)25-10-11-25)15-29(44)28-13-24(55-36(50)42-16-21-8-7-9-27(39)26(21)18-42)17-43(28)32(46)22(12-30(45)56-37(3,4)5)19-53-35(49)40-31-20(2)54-33(31)47/h6-9,20,22-25,28,31H,1,10-19H2,2-5H3,(H,40,49)(H,41,48)/t20-,22+,23?,24?,28+,31+,38-/m1/s1. The van der Waals surface area contributed by atoms with Gasteiger partial charge in [0.2, 0.25) is 21.8 Å². The molecule has 1 aromatic carbocycles. The number of benzene rings is 1. The number of carbonyl (C=O) groups excluding carboxylic acids is 7. The number of ketones is 1. The monoisotopic (exact) mass is 818 g/mol. The molecule has 2 saturated carbocycles. The number of amides is 4. The van der Waals surface area contributed by atoms with Crippen LogP contribution in [0.3, 0.4) is 0 Å². The van der Waals surface area contributed by atoms with Crippen molar-refractivity contribution in [3.05, 3.63) is 47.8 Å². The lowest BCUT2D eigenvalue weighted by Crippen LogP contribution is -2.58. The molecule has 7 atom stereocenters. The molecule has 2 unspecified atom stereocenters. The number of fused-ring (bicyclic) bond motifs is 1. The lowest BCUT2D eigenvalue weighted by molar-refractivity contribution is -0.174. The molecule has 310 valence electrons. The Kier molecular flexibility index (Phi) is 11.4. The highest BCUT2D eigenvalue weighted by atomic mass is 32.2. The van der Waals surface area contributed by atoms with Gasteiger partial charge in [0.15, 0.2) is 11.8 Å². The smallest absolute Gasteiger partial charge is 0.410 e. The van der Waals surface area contributed by atoms with Crippen molar-refractivity contribution in [2.75, 3.05) is 13.2 Å². The molecule has 3 aliphatic heterocycles. The molecule has 3 heterocycles. The third kappa shape index (κ3) is 9.23. The Bertz CT molecular complexity index is 1980. The number of Topliss-reactive ketones (excluding diaryl/α,β-unsaturated/α-hetero) is 1. The first-order chi connectivity index (χ1) is 26.7. The van der Waals surface area contributed by atoms with Gasteiger partial charge in [-0.05, 0) is 64.5 Å². The summed E-state index contributed by atoms with van der Waals surface area (Å²) in [5, 5.41) is 1.64. The van der Waals surface area contributed by atoms with E-state index in [1.165, 1.54) is 23.1 Å². The number of carbonyl (C=O) groups is 7. The van der Waals surface area contributed by atoms with Gasteiger partial charge in [-0.25, -0.2) is 27.2 Å². The molecular weight excluding hydrogens is 771 g/mol. The molecule has 0 radical (unpaired) electrons. The second kappa shape index (κ2) is 15.7. The number of likely N-dealkylation sites (tertiary alicyclic amines) is 1. The van der Waals surface area contributed by atoms with Crippen molar-refractivity contribution < 1.29 is 65.3 Å². The SMILES string of the molecule is C=CC1C[C@]1(CC(=O)[C@@H]1CC(OC(=O)N2Cc3cccc(F)c3C2)CN1C(=O)[C@H](COC(=O)N[C@@H]1C(=O)O[C@@H]1C)CC(=O)OC(C)(C)C)C(=O)NS(=O)(=O)C1CC1. The van der Waals surface area contributed by atoms with E-state index in [-0.39, 0.29) is 32.5 Å². The van der Waals surface area contributed by atoms with Crippen molar-refractivity contribution in [3.63, 3.8) is 0 Å². The number of nitrogens with zero attached hydrogens (tertiary/aromatic N) is 2. The van der Waals surface area contributed by atoms with Crippen LogP contribution in [0.2, 0.25) is 0 Å². The van der Waals surface area contributed by atoms with Crippen molar-refractivity contribution in [1.29, 1.82) is 0 Å². The van der Waals surface area contributed by atoms with Crippen LogP contribution in [0.4, 0.5) is 14.0 Å². The summed E-state index contributed by atoms with van der Waals surface area (Å²) in [6, 6.07) is 2.16. The van der Waals surface area contributed by atoms with Gasteiger partial charge in [-0.1, -0.05) is 18.2 Å². The summed E-state index contributed by atoms with van der Waals surface area (Å²) in [5.74, 6) is -6.33. The van der Waals surface area contributed by atoms with Crippen LogP contribution >= 0.6 is 0 Å². The highest BCUT2D eigenvalue weighted by Crippen LogP contribution is 2.57. The maximum atomic E-state index is 14.5. The van der Waals surface area contributed by atoms with E-state index < -0.39 is 129 Å². The average Bonchev–Trinajstić information content (AvgIpc) is 4.02. The molecule has 0 aromatic heterocycles. The van der Waals surface area contributed by atoms with Gasteiger partial charge in [0.1, 0.15) is 30.2 Å². The molecule has 17 nitrogen and oxygen atoms in total. The van der Waals surface area contributed by atoms with Gasteiger partial charge in [0, 0.05) is 24.9 Å². The van der Waals surface area contributed by atoms with E-state index in [1.807, 2.05) is 0 Å². The lowest BCUT2D eigenvalue weighted by Gasteiger charge is -2.32. The molecule has 2 N–H and O–H groups in total. The van der Waals surface area contributed by atoms with E-state index in [2.05, 4.69) is 16.6 Å². The van der Waals surface area contributed by atoms with E-state index in [1.54, 1.807) is 33.8 Å². The zero-order valence-corrected chi connectivity index (χ0v) is 32.9. The molecule has 4 fully saturated rings. The predicted octanol–water partition coefficient (Wildman–Crippen LogP) is 2.40. The minimum Gasteiger partial charge on any atom is -0.460 e. The van der Waals surface area contributed by atoms with Crippen molar-refractivity contribution in [3.8, 4) is 0 Å². The van der Waals surface area contributed by atoms with E-state index >= 15 is 0 Å². The van der Waals surface area contributed by atoms with Crippen molar-refractivity contribution in [2.45, 2.75) is 114 Å². The quantitative estimate of drug-likeness (QED) is 0.157. The van der Waals surface area contributed by atoms with E-state index in [9.17, 15) is 46.4 Å². The Morgan fingerprint density at radius 3 is 2.46 bits per heavy atom. The number of esters is 2. The summed E-state index contributed by atoms with van der Waals surface area (Å²) in [7, 11) is -3.97. The second-order valence-electron chi connectivity index (χ2n) is 16.4. The van der Waals surface area contributed by atoms with Gasteiger partial charge in [-0.15, -0.1) is 6.58 Å². The van der Waals surface area contributed by atoms with Crippen LogP contribution in [0, 0.1) is 23.1 Å². The highest BCUT2D eigenvalue weighted by molar-refractivity contribution is 7.90. The van der Waals surface area contributed by atoms with Crippen LogP contribution in [0.5, 0.6) is 0 Å². The number of ether oxygens (including phenoxy) is 4. The lowest BCUT2D eigenvalue weighted by atomic mass is 9.91. The molecule has 19 heteroatoms. The Morgan fingerprint density at radius 1 is 1.14 bits per heavy atom. The number of nitrogens with one attached hydrogen (secondary N) is 2. The summed E-state index contributed by atoms with van der Waals surface area (Å²) in [6.07, 6.45) is -2.56. The third-order valence-electron chi connectivity index (χ3n) is 10.8. The van der Waals surface area contributed by atoms with E-state index in [4.69, 9.17) is 18.9 Å². The van der Waals surface area contributed by atoms with Crippen molar-refractivity contribution in [1.82, 2.24) is 19.8 Å². The molecule has 2 aliphatic carbocycles. The van der Waals surface area contributed by atoms with Crippen LogP contribution in [-0.2, 0) is 66.0 Å². The van der Waals surface area contributed by atoms with E-state index in [0.717, 1.165) is 4.90 Å². The van der Waals surface area contributed by atoms with Crippen molar-refractivity contribution in [2.24, 2.45) is 17.3 Å². The van der Waals surface area contributed by atoms with Crippen LogP contribution in [0.15, 0.2) is 30.9 Å². The molecule has 2 saturated heterocycles. The molecule has 5 aliphatic rings. The Hall–Kier alpha value is -5.07. The van der Waals surface area contributed by atoms with Gasteiger partial charge in [-0.3, -0.25) is 28.8 Å². The Labute approximate surface area is 329 Å². The normalized spacial score (nSPS) is 26.9. The zero-order valence-electron chi connectivity index (χ0n) is 32.1. The van der Waals surface area contributed by atoms with Gasteiger partial charge in [0.25, 0.3) is 0 Å². The number of alkyl carbamates (subject to hydrolysis) is 1. The number of rotatable bonds is 14. The van der Waals surface area contributed by atoms with Gasteiger partial charge >= 0.3 is 24.1 Å². The number of allylic oxidation sites excluding steroid dienone is 1. The summed E-state index contributed by atoms with van der Waals surface area (Å²) in [6.45, 7) is 9.07. The number of cyclic esters (lactones) is 1. The first-order valence-electron chi connectivity index (χ1n) is 18.8. The van der Waals surface area contributed by atoms with Crippen LogP contribution < -0.4 is 10.0 Å². The van der Waals surface area contributed by atoms with Gasteiger partial charge < -0.3 is 29.2 Å². The van der Waals surface area contributed by atoms with E-state index in [0.29, 0.717) is 24.0 Å². The maximum absolute atomic E-state index is 14.5. The number of sulfonamides is 1. The molecule has 6 rings (SSSR count). The summed E-state index contributed by atoms with van der Waals surface area (Å²) >= 11 is 0. The maximum Gasteiger partial charge on any atom is 0.410 e. The fourth-order valence-electron chi connectivity index (χ4n) is 7.47. The van der Waals surface area contributed by atoms with Crippen molar-refractivity contribution >= 4 is 51.7 Å². The Balaban J connectivity index is 1.23. The largest absolute Gasteiger partial charge is 0.460 e. The topological polar surface area (TPSA) is 221 Å². The minimum atomic E-state index is -3.97.